The molecule has 0 aromatic rings. The number of hydrogen-bond acceptors (Lipinski definition) is 8. The summed E-state index contributed by atoms with van der Waals surface area (Å²) in [5, 5.41) is 75.2. The maximum Gasteiger partial charge on any atom is 0.220 e. The molecule has 9 fully saturated rings. The molecule has 9 aliphatic rings. The monoisotopic (exact) mass is 895 g/mol. The SMILES string of the molecule is C[C@H](CCC(=O)N[C@H]1CCCC[C@@H]1NC(=O)CC[C@@H](C)[C@H]1CC[C@H]2[C@@H]3[C@H](O)C[C@@H]4C[C@H](O)CC[C@]4(C)[C@H]3C[C@H](O)[C@]12C)[C@H]1CC[C@H]2[C@@H]3[C@H](O)C[C@@H]4C[C@H](O)CC[C@]4(C)[C@H]3C[C@H](O)[C@]12C. The molecular formula is C54H90N2O8. The van der Waals surface area contributed by atoms with Crippen molar-refractivity contribution in [2.24, 2.45) is 92.7 Å². The van der Waals surface area contributed by atoms with Crippen LogP contribution < -0.4 is 10.6 Å². The van der Waals surface area contributed by atoms with E-state index in [1.165, 1.54) is 0 Å². The Morgan fingerprint density at radius 3 is 1.30 bits per heavy atom. The van der Waals surface area contributed by atoms with Crippen molar-refractivity contribution >= 4 is 11.8 Å². The van der Waals surface area contributed by atoms with Gasteiger partial charge in [0.15, 0.2) is 0 Å². The van der Waals surface area contributed by atoms with E-state index in [9.17, 15) is 40.2 Å². The third-order valence-electron chi connectivity index (χ3n) is 23.2. The van der Waals surface area contributed by atoms with Crippen LogP contribution in [0.1, 0.15) is 183 Å². The lowest BCUT2D eigenvalue weighted by atomic mass is 9.43. The minimum atomic E-state index is -0.438. The van der Waals surface area contributed by atoms with Gasteiger partial charge >= 0.3 is 0 Å². The summed E-state index contributed by atoms with van der Waals surface area (Å²) in [5.74, 6) is 3.22. The van der Waals surface area contributed by atoms with Crippen molar-refractivity contribution < 1.29 is 40.2 Å². The van der Waals surface area contributed by atoms with E-state index in [0.29, 0.717) is 24.7 Å². The standard InChI is InChI=1S/C54H90N2O8/c1-29(35-13-15-37-49-39(27-45(61)53(35,37)5)51(3)21-19-33(57)23-31(51)25-43(49)59)11-17-47(63)55-41-9-7-8-10-42(41)56-48(64)18-12-30(2)36-14-16-38-50-40(28-46(62)54(36,38)6)52(4)22-20-34(58)24-32(52)26-44(50)60/h29-46,49-50,57-62H,7-28H2,1-6H3,(H,55,63)(H,56,64)/t29-,30-,31+,32+,33-,34-,35-,36-,37+,38+,39+,40+,41+,42+,43-,44-,45+,46+,49+,50+,51+,52+,53-,54-/m1/s1. The number of rotatable bonds is 10. The molecule has 24 atom stereocenters. The molecule has 0 aromatic carbocycles. The van der Waals surface area contributed by atoms with Gasteiger partial charge in [0.05, 0.1) is 36.6 Å². The number of fused-ring (bicyclic) bond motifs is 10. The Labute approximate surface area is 385 Å². The lowest BCUT2D eigenvalue weighted by Gasteiger charge is -2.63. The first-order chi connectivity index (χ1) is 30.3. The molecule has 64 heavy (non-hydrogen) atoms. The van der Waals surface area contributed by atoms with E-state index in [2.05, 4.69) is 52.2 Å². The maximum absolute atomic E-state index is 13.7. The molecule has 0 aromatic heterocycles. The van der Waals surface area contributed by atoms with E-state index in [1.54, 1.807) is 0 Å². The largest absolute Gasteiger partial charge is 0.393 e. The van der Waals surface area contributed by atoms with Gasteiger partial charge in [-0.3, -0.25) is 9.59 Å². The van der Waals surface area contributed by atoms with Crippen LogP contribution >= 0.6 is 0 Å². The van der Waals surface area contributed by atoms with Crippen molar-refractivity contribution in [3.63, 3.8) is 0 Å². The molecule has 8 N–H and O–H groups in total. The van der Waals surface area contributed by atoms with Crippen LogP contribution in [-0.4, -0.2) is 91.2 Å². The average Bonchev–Trinajstić information content (AvgIpc) is 3.80. The van der Waals surface area contributed by atoms with Crippen LogP contribution in [0.3, 0.4) is 0 Å². The van der Waals surface area contributed by atoms with Crippen molar-refractivity contribution in [2.75, 3.05) is 0 Å². The summed E-state index contributed by atoms with van der Waals surface area (Å²) >= 11 is 0. The molecule has 9 aliphatic carbocycles. The first-order valence-electron chi connectivity index (χ1n) is 27.0. The Balaban J connectivity index is 0.760. The quantitative estimate of drug-likeness (QED) is 0.113. The molecule has 0 radical (unpaired) electrons. The normalized spacial score (nSPS) is 53.0. The fourth-order valence-corrected chi connectivity index (χ4v) is 19.4. The molecule has 9 rings (SSSR count). The summed E-state index contributed by atoms with van der Waals surface area (Å²) in [5.41, 5.74) is -0.473. The Morgan fingerprint density at radius 2 is 0.906 bits per heavy atom. The van der Waals surface area contributed by atoms with Gasteiger partial charge in [0.2, 0.25) is 11.8 Å². The highest BCUT2D eigenvalue weighted by Gasteiger charge is 2.67. The van der Waals surface area contributed by atoms with Gasteiger partial charge in [-0.15, -0.1) is 0 Å². The molecule has 0 heterocycles. The predicted octanol–water partition coefficient (Wildman–Crippen LogP) is 7.29. The van der Waals surface area contributed by atoms with Gasteiger partial charge in [-0.2, -0.15) is 0 Å². The van der Waals surface area contributed by atoms with Gasteiger partial charge in [-0.25, -0.2) is 0 Å². The van der Waals surface area contributed by atoms with Gasteiger partial charge in [0.1, 0.15) is 0 Å². The van der Waals surface area contributed by atoms with E-state index >= 15 is 0 Å². The Hall–Kier alpha value is -1.30. The number of hydrogen-bond donors (Lipinski definition) is 8. The van der Waals surface area contributed by atoms with Gasteiger partial charge in [0.25, 0.3) is 0 Å². The predicted molar refractivity (Wildman–Crippen MR) is 247 cm³/mol. The molecule has 9 saturated carbocycles. The van der Waals surface area contributed by atoms with Gasteiger partial charge < -0.3 is 41.3 Å². The summed E-state index contributed by atoms with van der Waals surface area (Å²) in [4.78, 5) is 27.4. The molecule has 0 saturated heterocycles. The smallest absolute Gasteiger partial charge is 0.220 e. The summed E-state index contributed by atoms with van der Waals surface area (Å²) in [6, 6.07) is -0.171. The van der Waals surface area contributed by atoms with Crippen molar-refractivity contribution in [1.82, 2.24) is 10.6 Å². The molecule has 10 heteroatoms. The van der Waals surface area contributed by atoms with Crippen LogP contribution in [0.5, 0.6) is 0 Å². The third kappa shape index (κ3) is 7.88. The maximum atomic E-state index is 13.7. The van der Waals surface area contributed by atoms with E-state index in [1.807, 2.05) is 0 Å². The topological polar surface area (TPSA) is 180 Å². The van der Waals surface area contributed by atoms with Crippen LogP contribution in [0, 0.1) is 92.7 Å². The number of carbonyl (C=O) groups excluding carboxylic acids is 2. The van der Waals surface area contributed by atoms with Crippen LogP contribution in [0.4, 0.5) is 0 Å². The minimum absolute atomic E-state index is 0.0442. The summed E-state index contributed by atoms with van der Waals surface area (Å²) in [6.45, 7) is 13.9. The highest BCUT2D eigenvalue weighted by molar-refractivity contribution is 5.78. The van der Waals surface area contributed by atoms with Crippen molar-refractivity contribution in [3.8, 4) is 0 Å². The second-order valence-corrected chi connectivity index (χ2v) is 25.7. The lowest BCUT2D eigenvalue weighted by molar-refractivity contribution is -0.207. The van der Waals surface area contributed by atoms with Crippen LogP contribution in [0.2, 0.25) is 0 Å². The van der Waals surface area contributed by atoms with Crippen LogP contribution in [0.25, 0.3) is 0 Å². The molecule has 0 aliphatic heterocycles. The van der Waals surface area contributed by atoms with E-state index in [-0.39, 0.29) is 117 Å². The number of nitrogens with one attached hydrogen (secondary N) is 2. The zero-order chi connectivity index (χ0) is 45.7. The molecular weight excluding hydrogens is 805 g/mol. The Morgan fingerprint density at radius 1 is 0.516 bits per heavy atom. The van der Waals surface area contributed by atoms with E-state index in [0.717, 1.165) is 128 Å². The van der Waals surface area contributed by atoms with E-state index in [4.69, 9.17) is 0 Å². The number of carbonyl (C=O) groups is 2. The zero-order valence-corrected chi connectivity index (χ0v) is 40.6. The Bertz CT molecular complexity index is 1580. The number of aliphatic hydroxyl groups is 6. The summed E-state index contributed by atoms with van der Waals surface area (Å²) in [7, 11) is 0. The van der Waals surface area contributed by atoms with Crippen molar-refractivity contribution in [3.05, 3.63) is 0 Å². The molecule has 10 nitrogen and oxygen atoms in total. The van der Waals surface area contributed by atoms with Gasteiger partial charge in [-0.05, 0) is 208 Å². The third-order valence-corrected chi connectivity index (χ3v) is 23.2. The highest BCUT2D eigenvalue weighted by Crippen LogP contribution is 2.70. The average molecular weight is 895 g/mol. The van der Waals surface area contributed by atoms with Crippen LogP contribution in [-0.2, 0) is 9.59 Å². The Kier molecular flexibility index (Phi) is 13.4. The van der Waals surface area contributed by atoms with Crippen molar-refractivity contribution in [1.29, 1.82) is 0 Å². The number of amides is 2. The minimum Gasteiger partial charge on any atom is -0.393 e. The number of aliphatic hydroxyl groups excluding tert-OH is 6. The lowest BCUT2D eigenvalue weighted by Crippen LogP contribution is -2.62. The van der Waals surface area contributed by atoms with Gasteiger partial charge in [0, 0.05) is 24.9 Å². The second-order valence-electron chi connectivity index (χ2n) is 25.7. The van der Waals surface area contributed by atoms with Crippen molar-refractivity contribution in [2.45, 2.75) is 232 Å². The fourth-order valence-electron chi connectivity index (χ4n) is 19.4. The van der Waals surface area contributed by atoms with E-state index < -0.39 is 24.4 Å². The molecule has 0 unspecified atom stereocenters. The zero-order valence-electron chi connectivity index (χ0n) is 40.6. The highest BCUT2D eigenvalue weighted by atomic mass is 16.3. The molecule has 364 valence electrons. The summed E-state index contributed by atoms with van der Waals surface area (Å²) in [6.07, 6.45) is 16.0. The van der Waals surface area contributed by atoms with Gasteiger partial charge in [-0.1, -0.05) is 54.4 Å². The first kappa shape index (κ1) is 47.8. The van der Waals surface area contributed by atoms with Crippen LogP contribution in [0.15, 0.2) is 0 Å². The first-order valence-corrected chi connectivity index (χ1v) is 27.0. The molecule has 2 amide bonds. The molecule has 0 spiro atoms. The molecule has 0 bridgehead atoms. The second kappa shape index (κ2) is 17.9. The summed E-state index contributed by atoms with van der Waals surface area (Å²) < 4.78 is 0. The fraction of sp³-hybridized carbons (Fsp3) is 0.963.